The van der Waals surface area contributed by atoms with Crippen LogP contribution in [0.4, 0.5) is 21.9 Å². The Labute approximate surface area is 147 Å². The van der Waals surface area contributed by atoms with Crippen molar-refractivity contribution in [3.63, 3.8) is 0 Å². The van der Waals surface area contributed by atoms with Crippen molar-refractivity contribution in [3.8, 4) is 0 Å². The lowest BCUT2D eigenvalue weighted by Crippen LogP contribution is -2.32. The van der Waals surface area contributed by atoms with Gasteiger partial charge in [0.15, 0.2) is 0 Å². The number of anilines is 3. The molecular weight excluding hydrogens is 326 g/mol. The van der Waals surface area contributed by atoms with Gasteiger partial charge in [-0.3, -0.25) is 0 Å². The van der Waals surface area contributed by atoms with Crippen LogP contribution >= 0.6 is 11.6 Å². The Morgan fingerprint density at radius 3 is 2.46 bits per heavy atom. The molecule has 5 nitrogen and oxygen atoms in total. The number of carbonyl (C=O) groups is 1. The predicted molar refractivity (Wildman–Crippen MR) is 98.7 cm³/mol. The first-order chi connectivity index (χ1) is 11.2. The second-order valence-corrected chi connectivity index (χ2v) is 6.85. The molecule has 0 unspecified atom stereocenters. The zero-order chi connectivity index (χ0) is 17.7. The number of hydrogen-bond acceptors (Lipinski definition) is 4. The number of rotatable bonds is 4. The van der Waals surface area contributed by atoms with Gasteiger partial charge in [-0.05, 0) is 56.7 Å². The molecule has 0 atom stereocenters. The van der Waals surface area contributed by atoms with Crippen LogP contribution in [0.5, 0.6) is 0 Å². The summed E-state index contributed by atoms with van der Waals surface area (Å²) in [5, 5.41) is 6.55. The summed E-state index contributed by atoms with van der Waals surface area (Å²) in [5.41, 5.74) is 8.63. The SMILES string of the molecule is CC(C)(C)OC(=O)NCc1ccc(Nc2cc(Cl)ccc2N)cc1. The molecular formula is C18H22ClN3O2. The van der Waals surface area contributed by atoms with Crippen molar-refractivity contribution in [2.45, 2.75) is 32.9 Å². The third-order valence-electron chi connectivity index (χ3n) is 3.08. The quantitative estimate of drug-likeness (QED) is 0.701. The van der Waals surface area contributed by atoms with Crippen LogP contribution < -0.4 is 16.4 Å². The first-order valence-corrected chi connectivity index (χ1v) is 7.98. The van der Waals surface area contributed by atoms with Crippen LogP contribution in [-0.4, -0.2) is 11.7 Å². The molecule has 0 saturated carbocycles. The van der Waals surface area contributed by atoms with E-state index < -0.39 is 11.7 Å². The number of nitrogen functional groups attached to an aromatic ring is 1. The van der Waals surface area contributed by atoms with E-state index in [1.165, 1.54) is 0 Å². The van der Waals surface area contributed by atoms with Crippen LogP contribution in [0.1, 0.15) is 26.3 Å². The second-order valence-electron chi connectivity index (χ2n) is 6.41. The molecule has 6 heteroatoms. The third kappa shape index (κ3) is 5.66. The van der Waals surface area contributed by atoms with Gasteiger partial charge in [0.1, 0.15) is 5.60 Å². The summed E-state index contributed by atoms with van der Waals surface area (Å²) in [4.78, 5) is 11.6. The highest BCUT2D eigenvalue weighted by molar-refractivity contribution is 6.31. The molecule has 1 amide bonds. The van der Waals surface area contributed by atoms with E-state index >= 15 is 0 Å². The van der Waals surface area contributed by atoms with Crippen molar-refractivity contribution in [2.75, 3.05) is 11.1 Å². The maximum Gasteiger partial charge on any atom is 0.407 e. The Bertz CT molecular complexity index is 709. The maximum absolute atomic E-state index is 11.6. The zero-order valence-electron chi connectivity index (χ0n) is 14.0. The van der Waals surface area contributed by atoms with E-state index in [0.717, 1.165) is 16.9 Å². The lowest BCUT2D eigenvalue weighted by atomic mass is 10.2. The van der Waals surface area contributed by atoms with Gasteiger partial charge in [0.25, 0.3) is 0 Å². The smallest absolute Gasteiger partial charge is 0.407 e. The van der Waals surface area contributed by atoms with E-state index in [-0.39, 0.29) is 0 Å². The van der Waals surface area contributed by atoms with Gasteiger partial charge in [-0.15, -0.1) is 0 Å². The van der Waals surface area contributed by atoms with E-state index in [1.807, 2.05) is 45.0 Å². The van der Waals surface area contributed by atoms with Crippen LogP contribution in [0.25, 0.3) is 0 Å². The molecule has 128 valence electrons. The van der Waals surface area contributed by atoms with E-state index in [9.17, 15) is 4.79 Å². The Balaban J connectivity index is 1.93. The summed E-state index contributed by atoms with van der Waals surface area (Å²) in [7, 11) is 0. The van der Waals surface area contributed by atoms with E-state index in [1.54, 1.807) is 18.2 Å². The van der Waals surface area contributed by atoms with Gasteiger partial charge in [0, 0.05) is 17.3 Å². The van der Waals surface area contributed by atoms with Gasteiger partial charge in [-0.25, -0.2) is 4.79 Å². The molecule has 2 aromatic rings. The average Bonchev–Trinajstić information content (AvgIpc) is 2.48. The van der Waals surface area contributed by atoms with Gasteiger partial charge in [-0.2, -0.15) is 0 Å². The number of carbonyl (C=O) groups excluding carboxylic acids is 1. The standard InChI is InChI=1S/C18H22ClN3O2/c1-18(2,3)24-17(23)21-11-12-4-7-14(8-5-12)22-16-10-13(19)6-9-15(16)20/h4-10,22H,11,20H2,1-3H3,(H,21,23). The van der Waals surface area contributed by atoms with E-state index in [4.69, 9.17) is 22.1 Å². The molecule has 0 radical (unpaired) electrons. The minimum absolute atomic E-state index is 0.397. The number of amides is 1. The molecule has 0 bridgehead atoms. The lowest BCUT2D eigenvalue weighted by Gasteiger charge is -2.19. The van der Waals surface area contributed by atoms with Gasteiger partial charge < -0.3 is 21.1 Å². The maximum atomic E-state index is 11.6. The van der Waals surface area contributed by atoms with Crippen molar-refractivity contribution in [1.82, 2.24) is 5.32 Å². The fraction of sp³-hybridized carbons (Fsp3) is 0.278. The predicted octanol–water partition coefficient (Wildman–Crippen LogP) is 4.69. The number of benzene rings is 2. The minimum atomic E-state index is -0.505. The highest BCUT2D eigenvalue weighted by Crippen LogP contribution is 2.26. The first kappa shape index (κ1) is 17.9. The molecule has 0 aliphatic heterocycles. The Hall–Kier alpha value is -2.40. The zero-order valence-corrected chi connectivity index (χ0v) is 14.8. The molecule has 0 spiro atoms. The summed E-state index contributed by atoms with van der Waals surface area (Å²) in [6, 6.07) is 12.9. The van der Waals surface area contributed by atoms with Crippen molar-refractivity contribution < 1.29 is 9.53 Å². The largest absolute Gasteiger partial charge is 0.444 e. The van der Waals surface area contributed by atoms with Crippen LogP contribution in [0.3, 0.4) is 0 Å². The van der Waals surface area contributed by atoms with Gasteiger partial charge in [0.2, 0.25) is 0 Å². The summed E-state index contributed by atoms with van der Waals surface area (Å²) in [6.07, 6.45) is -0.434. The van der Waals surface area contributed by atoms with Crippen molar-refractivity contribution in [2.24, 2.45) is 0 Å². The van der Waals surface area contributed by atoms with Crippen LogP contribution in [0.15, 0.2) is 42.5 Å². The second kappa shape index (κ2) is 7.45. The number of ether oxygens (including phenoxy) is 1. The molecule has 2 aromatic carbocycles. The monoisotopic (exact) mass is 347 g/mol. The highest BCUT2D eigenvalue weighted by atomic mass is 35.5. The summed E-state index contributed by atoms with van der Waals surface area (Å²) in [5.74, 6) is 0. The average molecular weight is 348 g/mol. The number of alkyl carbamates (subject to hydrolysis) is 1. The number of nitrogens with two attached hydrogens (primary N) is 1. The molecule has 2 rings (SSSR count). The minimum Gasteiger partial charge on any atom is -0.444 e. The highest BCUT2D eigenvalue weighted by Gasteiger charge is 2.15. The lowest BCUT2D eigenvalue weighted by molar-refractivity contribution is 0.0523. The van der Waals surface area contributed by atoms with Crippen molar-refractivity contribution in [3.05, 3.63) is 53.1 Å². The Morgan fingerprint density at radius 2 is 1.83 bits per heavy atom. The number of nitrogens with one attached hydrogen (secondary N) is 2. The van der Waals surface area contributed by atoms with Gasteiger partial charge in [0.05, 0.1) is 11.4 Å². The molecule has 0 aliphatic carbocycles. The van der Waals surface area contributed by atoms with Crippen molar-refractivity contribution in [1.29, 1.82) is 0 Å². The van der Waals surface area contributed by atoms with Crippen LogP contribution in [0, 0.1) is 0 Å². The number of hydrogen-bond donors (Lipinski definition) is 3. The Morgan fingerprint density at radius 1 is 1.17 bits per heavy atom. The third-order valence-corrected chi connectivity index (χ3v) is 3.32. The topological polar surface area (TPSA) is 76.4 Å². The molecule has 24 heavy (non-hydrogen) atoms. The molecule has 0 aliphatic rings. The molecule has 0 aromatic heterocycles. The van der Waals surface area contributed by atoms with Crippen molar-refractivity contribution >= 4 is 34.8 Å². The molecule has 4 N–H and O–H groups in total. The fourth-order valence-electron chi connectivity index (χ4n) is 1.99. The normalized spacial score (nSPS) is 11.0. The summed E-state index contributed by atoms with van der Waals surface area (Å²) >= 11 is 5.98. The number of halogens is 1. The first-order valence-electron chi connectivity index (χ1n) is 7.61. The van der Waals surface area contributed by atoms with Crippen LogP contribution in [-0.2, 0) is 11.3 Å². The summed E-state index contributed by atoms with van der Waals surface area (Å²) in [6.45, 7) is 5.88. The van der Waals surface area contributed by atoms with E-state index in [2.05, 4.69) is 10.6 Å². The van der Waals surface area contributed by atoms with Gasteiger partial charge in [-0.1, -0.05) is 23.7 Å². The summed E-state index contributed by atoms with van der Waals surface area (Å²) < 4.78 is 5.20. The van der Waals surface area contributed by atoms with E-state index in [0.29, 0.717) is 17.3 Å². The fourth-order valence-corrected chi connectivity index (χ4v) is 2.16. The molecule has 0 fully saturated rings. The Kier molecular flexibility index (Phi) is 5.57. The van der Waals surface area contributed by atoms with Crippen LogP contribution in [0.2, 0.25) is 5.02 Å². The molecule has 0 heterocycles. The van der Waals surface area contributed by atoms with Gasteiger partial charge >= 0.3 is 6.09 Å². The molecule has 0 saturated heterocycles.